The summed E-state index contributed by atoms with van der Waals surface area (Å²) < 4.78 is 0.684. The van der Waals surface area contributed by atoms with Gasteiger partial charge in [-0.2, -0.15) is 0 Å². The maximum atomic E-state index is 12.3. The lowest BCUT2D eigenvalue weighted by Crippen LogP contribution is -2.34. The average Bonchev–Trinajstić information content (AvgIpc) is 2.41. The van der Waals surface area contributed by atoms with Gasteiger partial charge in [-0.15, -0.1) is 0 Å². The molecule has 0 aliphatic carbocycles. The molecule has 1 aromatic rings. The molecule has 0 atom stereocenters. The predicted molar refractivity (Wildman–Crippen MR) is 78.8 cm³/mol. The van der Waals surface area contributed by atoms with Crippen LogP contribution in [0.5, 0.6) is 0 Å². The van der Waals surface area contributed by atoms with Crippen LogP contribution in [0.25, 0.3) is 0 Å². The molecule has 1 rings (SSSR count). The van der Waals surface area contributed by atoms with Crippen molar-refractivity contribution in [2.24, 2.45) is 10.9 Å². The van der Waals surface area contributed by atoms with Crippen molar-refractivity contribution in [1.82, 2.24) is 4.90 Å². The van der Waals surface area contributed by atoms with E-state index in [1.165, 1.54) is 0 Å². The number of halogens is 2. The fraction of sp³-hybridized carbons (Fsp3) is 0.333. The van der Waals surface area contributed by atoms with E-state index in [1.807, 2.05) is 6.92 Å². The molecule has 7 heteroatoms. The van der Waals surface area contributed by atoms with Crippen LogP contribution in [0.15, 0.2) is 27.8 Å². The molecule has 0 aliphatic rings. The van der Waals surface area contributed by atoms with E-state index in [0.717, 1.165) is 0 Å². The first kappa shape index (κ1) is 15.8. The van der Waals surface area contributed by atoms with E-state index >= 15 is 0 Å². The number of benzene rings is 1. The highest BCUT2D eigenvalue weighted by molar-refractivity contribution is 9.10. The molecule has 5 nitrogen and oxygen atoms in total. The lowest BCUT2D eigenvalue weighted by molar-refractivity contribution is 0.0767. The fourth-order valence-electron chi connectivity index (χ4n) is 1.53. The van der Waals surface area contributed by atoms with Gasteiger partial charge >= 0.3 is 0 Å². The Morgan fingerprint density at radius 1 is 1.58 bits per heavy atom. The Kier molecular flexibility index (Phi) is 6.11. The lowest BCUT2D eigenvalue weighted by Gasteiger charge is -2.21. The minimum absolute atomic E-state index is 0.0939. The highest BCUT2D eigenvalue weighted by Crippen LogP contribution is 2.22. The maximum absolute atomic E-state index is 12.3. The molecule has 0 heterocycles. The summed E-state index contributed by atoms with van der Waals surface area (Å²) in [5.74, 6) is -0.0565. The Bertz CT molecular complexity index is 494. The second kappa shape index (κ2) is 7.35. The molecule has 0 bridgehead atoms. The molecular formula is C12H15BrClN3O2. The smallest absolute Gasteiger partial charge is 0.255 e. The third-order valence-corrected chi connectivity index (χ3v) is 3.52. The number of carbonyl (C=O) groups excluding carboxylic acids is 1. The van der Waals surface area contributed by atoms with E-state index in [0.29, 0.717) is 34.6 Å². The summed E-state index contributed by atoms with van der Waals surface area (Å²) >= 11 is 9.22. The molecule has 0 saturated heterocycles. The molecule has 3 N–H and O–H groups in total. The highest BCUT2D eigenvalue weighted by Gasteiger charge is 2.17. The zero-order valence-electron chi connectivity index (χ0n) is 10.4. The number of hydrogen-bond acceptors (Lipinski definition) is 3. The second-order valence-corrected chi connectivity index (χ2v) is 5.14. The molecule has 0 aromatic heterocycles. The van der Waals surface area contributed by atoms with Gasteiger partial charge < -0.3 is 15.8 Å². The van der Waals surface area contributed by atoms with Crippen LogP contribution in [0.1, 0.15) is 23.7 Å². The minimum Gasteiger partial charge on any atom is -0.409 e. The second-order valence-electron chi connectivity index (χ2n) is 3.85. The SMILES string of the molecule is CCN(CC/C(N)=N/O)C(=O)c1cc(Cl)ccc1Br. The topological polar surface area (TPSA) is 78.9 Å². The fourth-order valence-corrected chi connectivity index (χ4v) is 2.12. The number of amides is 1. The van der Waals surface area contributed by atoms with Crippen molar-refractivity contribution in [3.8, 4) is 0 Å². The number of oxime groups is 1. The van der Waals surface area contributed by atoms with Crippen molar-refractivity contribution in [3.63, 3.8) is 0 Å². The Labute approximate surface area is 125 Å². The molecule has 0 aliphatic heterocycles. The van der Waals surface area contributed by atoms with Gasteiger partial charge in [-0.1, -0.05) is 16.8 Å². The van der Waals surface area contributed by atoms with Gasteiger partial charge in [0.05, 0.1) is 5.56 Å². The summed E-state index contributed by atoms with van der Waals surface area (Å²) in [6.45, 7) is 2.77. The molecule has 19 heavy (non-hydrogen) atoms. The zero-order chi connectivity index (χ0) is 14.4. The molecule has 104 valence electrons. The van der Waals surface area contributed by atoms with Crippen LogP contribution in [-0.4, -0.2) is 34.9 Å². The van der Waals surface area contributed by atoms with Gasteiger partial charge in [-0.3, -0.25) is 4.79 Å². The third-order valence-electron chi connectivity index (χ3n) is 2.59. The Morgan fingerprint density at radius 2 is 2.26 bits per heavy atom. The quantitative estimate of drug-likeness (QED) is 0.372. The third kappa shape index (κ3) is 4.40. The zero-order valence-corrected chi connectivity index (χ0v) is 12.8. The van der Waals surface area contributed by atoms with Gasteiger partial charge in [0.1, 0.15) is 5.84 Å². The van der Waals surface area contributed by atoms with E-state index in [1.54, 1.807) is 23.1 Å². The molecule has 1 amide bonds. The Balaban J connectivity index is 2.86. The van der Waals surface area contributed by atoms with Gasteiger partial charge in [-0.05, 0) is 41.1 Å². The molecule has 0 unspecified atom stereocenters. The van der Waals surface area contributed by atoms with Gasteiger partial charge in [0.25, 0.3) is 5.91 Å². The van der Waals surface area contributed by atoms with Gasteiger partial charge in [-0.25, -0.2) is 0 Å². The summed E-state index contributed by atoms with van der Waals surface area (Å²) in [4.78, 5) is 13.9. The number of hydrogen-bond donors (Lipinski definition) is 2. The highest BCUT2D eigenvalue weighted by atomic mass is 79.9. The summed E-state index contributed by atoms with van der Waals surface area (Å²) in [6.07, 6.45) is 0.314. The van der Waals surface area contributed by atoms with E-state index < -0.39 is 0 Å². The van der Waals surface area contributed by atoms with Crippen molar-refractivity contribution < 1.29 is 10.0 Å². The average molecular weight is 349 g/mol. The summed E-state index contributed by atoms with van der Waals surface area (Å²) in [5, 5.41) is 11.9. The van der Waals surface area contributed by atoms with E-state index in [-0.39, 0.29) is 11.7 Å². The van der Waals surface area contributed by atoms with Crippen LogP contribution >= 0.6 is 27.5 Å². The van der Waals surface area contributed by atoms with Crippen molar-refractivity contribution in [1.29, 1.82) is 0 Å². The Morgan fingerprint density at radius 3 is 2.84 bits per heavy atom. The number of carbonyl (C=O) groups is 1. The van der Waals surface area contributed by atoms with Crippen LogP contribution in [-0.2, 0) is 0 Å². The van der Waals surface area contributed by atoms with Gasteiger partial charge in [0.2, 0.25) is 0 Å². The normalized spacial score (nSPS) is 11.4. The monoisotopic (exact) mass is 347 g/mol. The lowest BCUT2D eigenvalue weighted by atomic mass is 10.2. The van der Waals surface area contributed by atoms with Crippen LogP contribution in [0, 0.1) is 0 Å². The van der Waals surface area contributed by atoms with E-state index in [2.05, 4.69) is 21.1 Å². The first-order valence-electron chi connectivity index (χ1n) is 5.70. The minimum atomic E-state index is -0.150. The largest absolute Gasteiger partial charge is 0.409 e. The molecule has 1 aromatic carbocycles. The van der Waals surface area contributed by atoms with E-state index in [4.69, 9.17) is 22.5 Å². The van der Waals surface area contributed by atoms with Crippen LogP contribution in [0.2, 0.25) is 5.02 Å². The van der Waals surface area contributed by atoms with Gasteiger partial charge in [0, 0.05) is 29.0 Å². The predicted octanol–water partition coefficient (Wildman–Crippen LogP) is 2.70. The number of amidine groups is 1. The molecule has 0 radical (unpaired) electrons. The summed E-state index contributed by atoms with van der Waals surface area (Å²) in [7, 11) is 0. The number of nitrogens with zero attached hydrogens (tertiary/aromatic N) is 2. The van der Waals surface area contributed by atoms with Crippen molar-refractivity contribution in [2.75, 3.05) is 13.1 Å². The van der Waals surface area contributed by atoms with Crippen molar-refractivity contribution >= 4 is 39.3 Å². The van der Waals surface area contributed by atoms with E-state index in [9.17, 15) is 4.79 Å². The van der Waals surface area contributed by atoms with Crippen molar-refractivity contribution in [2.45, 2.75) is 13.3 Å². The molecule has 0 saturated carbocycles. The van der Waals surface area contributed by atoms with Crippen LogP contribution < -0.4 is 5.73 Å². The number of nitrogens with two attached hydrogens (primary N) is 1. The standard InChI is InChI=1S/C12H15BrClN3O2/c1-2-17(6-5-11(15)16-19)12(18)9-7-8(14)3-4-10(9)13/h3-4,7,19H,2,5-6H2,1H3,(H2,15,16). The first-order valence-corrected chi connectivity index (χ1v) is 6.87. The molecular weight excluding hydrogens is 334 g/mol. The maximum Gasteiger partial charge on any atom is 0.255 e. The van der Waals surface area contributed by atoms with Crippen LogP contribution in [0.3, 0.4) is 0 Å². The van der Waals surface area contributed by atoms with Crippen LogP contribution in [0.4, 0.5) is 0 Å². The summed E-state index contributed by atoms with van der Waals surface area (Å²) in [6, 6.07) is 5.04. The van der Waals surface area contributed by atoms with Gasteiger partial charge in [0.15, 0.2) is 0 Å². The first-order chi connectivity index (χ1) is 8.99. The molecule has 0 spiro atoms. The Hall–Kier alpha value is -1.27. The summed E-state index contributed by atoms with van der Waals surface area (Å²) in [5.41, 5.74) is 5.89. The number of rotatable bonds is 5. The molecule has 0 fully saturated rings. The van der Waals surface area contributed by atoms with Crippen molar-refractivity contribution in [3.05, 3.63) is 33.3 Å².